The molecule has 2 N–H and O–H groups in total. The minimum Gasteiger partial charge on any atom is -0.347 e. The third-order valence-electron chi connectivity index (χ3n) is 4.29. The number of H-pyrrole nitrogens is 2. The summed E-state index contributed by atoms with van der Waals surface area (Å²) >= 11 is 0. The molecule has 1 atom stereocenters. The van der Waals surface area contributed by atoms with Crippen LogP contribution < -0.4 is 0 Å². The van der Waals surface area contributed by atoms with Gasteiger partial charge in [-0.25, -0.2) is 9.97 Å². The summed E-state index contributed by atoms with van der Waals surface area (Å²) in [6.07, 6.45) is 9.55. The first kappa shape index (κ1) is 13.1. The van der Waals surface area contributed by atoms with Gasteiger partial charge in [-0.1, -0.05) is 0 Å². The number of carbonyl (C=O) groups excluding carboxylic acids is 1. The molecular weight excluding hydrogens is 278 g/mol. The van der Waals surface area contributed by atoms with Crippen LogP contribution in [0.4, 0.5) is 0 Å². The number of hydrogen-bond donors (Lipinski definition) is 2. The number of carbonyl (C=O) groups is 1. The lowest BCUT2D eigenvalue weighted by Crippen LogP contribution is -2.32. The Bertz CT molecular complexity index is 792. The Morgan fingerprint density at radius 3 is 3.14 bits per heavy atom. The minimum atomic E-state index is 0.0748. The summed E-state index contributed by atoms with van der Waals surface area (Å²) in [5, 5.41) is 1.02. The Labute approximate surface area is 127 Å². The topological polar surface area (TPSA) is 77.7 Å². The second-order valence-corrected chi connectivity index (χ2v) is 5.61. The highest BCUT2D eigenvalue weighted by Gasteiger charge is 2.31. The van der Waals surface area contributed by atoms with Crippen molar-refractivity contribution in [2.75, 3.05) is 6.54 Å². The van der Waals surface area contributed by atoms with Crippen molar-refractivity contribution in [2.24, 2.45) is 0 Å². The van der Waals surface area contributed by atoms with Crippen molar-refractivity contribution in [1.29, 1.82) is 0 Å². The van der Waals surface area contributed by atoms with Gasteiger partial charge in [-0.2, -0.15) is 0 Å². The Morgan fingerprint density at radius 2 is 2.27 bits per heavy atom. The van der Waals surface area contributed by atoms with Gasteiger partial charge in [-0.15, -0.1) is 0 Å². The van der Waals surface area contributed by atoms with Crippen molar-refractivity contribution >= 4 is 16.9 Å². The van der Waals surface area contributed by atoms with Crippen LogP contribution in [0.3, 0.4) is 0 Å². The average Bonchev–Trinajstić information content (AvgIpc) is 3.27. The highest BCUT2D eigenvalue weighted by Crippen LogP contribution is 2.30. The van der Waals surface area contributed by atoms with Crippen molar-refractivity contribution in [3.8, 4) is 0 Å². The standard InChI is InChI=1S/C16H17N5O/c22-14(9-11-10-20-15-12(11)3-1-5-17-15)21-8-2-4-13(21)16-18-6-7-19-16/h1,3,5-7,10,13H,2,4,8-9H2,(H,17,20)(H,18,19). The maximum absolute atomic E-state index is 12.7. The fraction of sp³-hybridized carbons (Fsp3) is 0.312. The number of hydrogen-bond acceptors (Lipinski definition) is 3. The first-order valence-electron chi connectivity index (χ1n) is 7.52. The van der Waals surface area contributed by atoms with Gasteiger partial charge in [0.1, 0.15) is 11.5 Å². The van der Waals surface area contributed by atoms with Gasteiger partial charge < -0.3 is 14.9 Å². The van der Waals surface area contributed by atoms with Crippen molar-refractivity contribution in [3.05, 3.63) is 48.3 Å². The van der Waals surface area contributed by atoms with Crippen LogP contribution in [-0.4, -0.2) is 37.3 Å². The van der Waals surface area contributed by atoms with E-state index in [9.17, 15) is 4.79 Å². The molecule has 3 aromatic rings. The second-order valence-electron chi connectivity index (χ2n) is 5.61. The third kappa shape index (κ3) is 2.16. The van der Waals surface area contributed by atoms with Crippen LogP contribution in [0.25, 0.3) is 11.0 Å². The van der Waals surface area contributed by atoms with Gasteiger partial charge in [-0.05, 0) is 30.5 Å². The number of aromatic amines is 2. The molecule has 1 fully saturated rings. The molecule has 0 aliphatic carbocycles. The van der Waals surface area contributed by atoms with Gasteiger partial charge in [0.25, 0.3) is 0 Å². The van der Waals surface area contributed by atoms with Crippen LogP contribution in [0.1, 0.15) is 30.3 Å². The quantitative estimate of drug-likeness (QED) is 0.777. The Morgan fingerprint density at radius 1 is 1.32 bits per heavy atom. The van der Waals surface area contributed by atoms with Crippen LogP contribution in [0.5, 0.6) is 0 Å². The zero-order valence-corrected chi connectivity index (χ0v) is 12.1. The first-order chi connectivity index (χ1) is 10.8. The van der Waals surface area contributed by atoms with Crippen LogP contribution in [0, 0.1) is 0 Å². The van der Waals surface area contributed by atoms with E-state index in [1.165, 1.54) is 0 Å². The van der Waals surface area contributed by atoms with Crippen molar-refractivity contribution in [3.63, 3.8) is 0 Å². The van der Waals surface area contributed by atoms with E-state index in [2.05, 4.69) is 19.9 Å². The van der Waals surface area contributed by atoms with Gasteiger partial charge in [0, 0.05) is 36.7 Å². The number of aromatic nitrogens is 4. The molecule has 0 aromatic carbocycles. The molecule has 1 aliphatic rings. The molecule has 0 bridgehead atoms. The summed E-state index contributed by atoms with van der Waals surface area (Å²) in [6.45, 7) is 0.796. The lowest BCUT2D eigenvalue weighted by molar-refractivity contribution is -0.131. The summed E-state index contributed by atoms with van der Waals surface area (Å²) in [4.78, 5) is 29.5. The second kappa shape index (κ2) is 5.29. The Hall–Kier alpha value is -2.63. The van der Waals surface area contributed by atoms with Gasteiger partial charge in [0.2, 0.25) is 5.91 Å². The molecule has 1 aliphatic heterocycles. The lowest BCUT2D eigenvalue weighted by atomic mass is 10.1. The molecule has 1 amide bonds. The molecule has 4 rings (SSSR count). The van der Waals surface area contributed by atoms with E-state index in [1.807, 2.05) is 29.4 Å². The van der Waals surface area contributed by atoms with E-state index >= 15 is 0 Å². The predicted molar refractivity (Wildman–Crippen MR) is 82.1 cm³/mol. The normalized spacial score (nSPS) is 18.2. The largest absolute Gasteiger partial charge is 0.347 e. The Kier molecular flexibility index (Phi) is 3.14. The number of fused-ring (bicyclic) bond motifs is 1. The van der Waals surface area contributed by atoms with Crippen LogP contribution in [0.15, 0.2) is 36.9 Å². The summed E-state index contributed by atoms with van der Waals surface area (Å²) in [5.41, 5.74) is 1.83. The number of likely N-dealkylation sites (tertiary alicyclic amines) is 1. The summed E-state index contributed by atoms with van der Waals surface area (Å²) in [6, 6.07) is 3.96. The van der Waals surface area contributed by atoms with E-state index in [1.54, 1.807) is 12.4 Å². The maximum atomic E-state index is 12.7. The number of imidazole rings is 1. The maximum Gasteiger partial charge on any atom is 0.227 e. The number of nitrogens with one attached hydrogen (secondary N) is 2. The van der Waals surface area contributed by atoms with Crippen molar-refractivity contribution < 1.29 is 4.79 Å². The summed E-state index contributed by atoms with van der Waals surface area (Å²) in [7, 11) is 0. The minimum absolute atomic E-state index is 0.0748. The highest BCUT2D eigenvalue weighted by molar-refractivity contribution is 5.87. The molecule has 1 unspecified atom stereocenters. The lowest BCUT2D eigenvalue weighted by Gasteiger charge is -2.23. The molecule has 3 aromatic heterocycles. The monoisotopic (exact) mass is 295 g/mol. The van der Waals surface area contributed by atoms with E-state index in [0.29, 0.717) is 6.42 Å². The predicted octanol–water partition coefficient (Wildman–Crippen LogP) is 2.19. The van der Waals surface area contributed by atoms with E-state index in [4.69, 9.17) is 0 Å². The van der Waals surface area contributed by atoms with E-state index < -0.39 is 0 Å². The number of pyridine rings is 1. The molecule has 1 saturated heterocycles. The molecule has 6 nitrogen and oxygen atoms in total. The molecule has 22 heavy (non-hydrogen) atoms. The fourth-order valence-electron chi connectivity index (χ4n) is 3.23. The zero-order valence-electron chi connectivity index (χ0n) is 12.1. The fourth-order valence-corrected chi connectivity index (χ4v) is 3.23. The third-order valence-corrected chi connectivity index (χ3v) is 4.29. The smallest absolute Gasteiger partial charge is 0.227 e. The molecule has 112 valence electrons. The number of amides is 1. The summed E-state index contributed by atoms with van der Waals surface area (Å²) < 4.78 is 0. The molecule has 6 heteroatoms. The molecule has 0 radical (unpaired) electrons. The zero-order chi connectivity index (χ0) is 14.9. The van der Waals surface area contributed by atoms with Gasteiger partial charge >= 0.3 is 0 Å². The van der Waals surface area contributed by atoms with Gasteiger partial charge in [0.05, 0.1) is 12.5 Å². The first-order valence-corrected chi connectivity index (χ1v) is 7.52. The van der Waals surface area contributed by atoms with Crippen LogP contribution in [0.2, 0.25) is 0 Å². The Balaban J connectivity index is 1.57. The highest BCUT2D eigenvalue weighted by atomic mass is 16.2. The number of nitrogens with zero attached hydrogens (tertiary/aromatic N) is 3. The SMILES string of the molecule is O=C(Cc1c[nH]c2ncccc12)N1CCCC1c1ncc[nH]1. The van der Waals surface area contributed by atoms with Crippen LogP contribution in [-0.2, 0) is 11.2 Å². The summed E-state index contributed by atoms with van der Waals surface area (Å²) in [5.74, 6) is 1.02. The van der Waals surface area contributed by atoms with Gasteiger partial charge in [-0.3, -0.25) is 4.79 Å². The van der Waals surface area contributed by atoms with E-state index in [-0.39, 0.29) is 11.9 Å². The molecule has 0 saturated carbocycles. The van der Waals surface area contributed by atoms with Crippen molar-refractivity contribution in [2.45, 2.75) is 25.3 Å². The van der Waals surface area contributed by atoms with E-state index in [0.717, 1.165) is 41.8 Å². The number of rotatable bonds is 3. The van der Waals surface area contributed by atoms with Crippen LogP contribution >= 0.6 is 0 Å². The molecule has 4 heterocycles. The molecular formula is C16H17N5O. The molecule has 0 spiro atoms. The average molecular weight is 295 g/mol. The van der Waals surface area contributed by atoms with Gasteiger partial charge in [0.15, 0.2) is 0 Å². The van der Waals surface area contributed by atoms with Crippen molar-refractivity contribution in [1.82, 2.24) is 24.8 Å².